The average Bonchev–Trinajstić information content (AvgIpc) is 2.70. The van der Waals surface area contributed by atoms with Crippen LogP contribution in [-0.4, -0.2) is 23.3 Å². The van der Waals surface area contributed by atoms with E-state index in [0.29, 0.717) is 17.8 Å². The van der Waals surface area contributed by atoms with Crippen molar-refractivity contribution in [2.24, 2.45) is 5.92 Å². The Labute approximate surface area is 107 Å². The van der Waals surface area contributed by atoms with Gasteiger partial charge < -0.3 is 9.32 Å². The molecule has 2 rings (SSSR count). The lowest BCUT2D eigenvalue weighted by molar-refractivity contribution is 0.434. The quantitative estimate of drug-likeness (QED) is 0.777. The fraction of sp³-hybridized carbons (Fsp3) is 0.833. The minimum absolute atomic E-state index is 0.291. The number of hydrogen-bond acceptors (Lipinski definition) is 4. The molecule has 1 unspecified atom stereocenters. The Balaban J connectivity index is 1.93. The topological polar surface area (TPSA) is 42.2 Å². The van der Waals surface area contributed by atoms with Crippen LogP contribution in [0.1, 0.15) is 44.9 Å². The van der Waals surface area contributed by atoms with Gasteiger partial charge in [0.2, 0.25) is 5.89 Å². The van der Waals surface area contributed by atoms with Crippen molar-refractivity contribution in [2.75, 3.05) is 18.0 Å². The van der Waals surface area contributed by atoms with Crippen molar-refractivity contribution in [3.63, 3.8) is 0 Å². The summed E-state index contributed by atoms with van der Waals surface area (Å²) >= 11 is 5.66. The first-order valence-corrected chi connectivity index (χ1v) is 7.00. The molecule has 2 heterocycles. The molecular formula is C12H20ClN3O. The van der Waals surface area contributed by atoms with Gasteiger partial charge in [-0.05, 0) is 25.2 Å². The Kier molecular flexibility index (Phi) is 4.66. The van der Waals surface area contributed by atoms with Gasteiger partial charge in [-0.1, -0.05) is 24.9 Å². The molecule has 1 atom stereocenters. The molecule has 1 aromatic heterocycles. The number of alkyl halides is 1. The second-order valence-electron chi connectivity index (χ2n) is 4.68. The summed E-state index contributed by atoms with van der Waals surface area (Å²) in [5.74, 6) is 1.66. The third kappa shape index (κ3) is 3.35. The van der Waals surface area contributed by atoms with Gasteiger partial charge >= 0.3 is 6.01 Å². The summed E-state index contributed by atoms with van der Waals surface area (Å²) in [6.45, 7) is 4.30. The Morgan fingerprint density at radius 2 is 2.24 bits per heavy atom. The molecule has 96 valence electrons. The molecular weight excluding hydrogens is 238 g/mol. The summed E-state index contributed by atoms with van der Waals surface area (Å²) in [7, 11) is 0. The van der Waals surface area contributed by atoms with Crippen molar-refractivity contribution in [3.05, 3.63) is 5.89 Å². The molecule has 0 saturated carbocycles. The Bertz CT molecular complexity index is 342. The normalized spacial score (nSPS) is 21.5. The minimum atomic E-state index is 0.291. The van der Waals surface area contributed by atoms with Gasteiger partial charge in [-0.2, -0.15) is 0 Å². The van der Waals surface area contributed by atoms with E-state index in [2.05, 4.69) is 22.0 Å². The fourth-order valence-corrected chi connectivity index (χ4v) is 2.59. The van der Waals surface area contributed by atoms with Crippen LogP contribution >= 0.6 is 11.6 Å². The molecule has 1 aliphatic heterocycles. The van der Waals surface area contributed by atoms with E-state index in [1.54, 1.807) is 0 Å². The van der Waals surface area contributed by atoms with Gasteiger partial charge in [-0.3, -0.25) is 0 Å². The zero-order valence-corrected chi connectivity index (χ0v) is 11.1. The standard InChI is InChI=1S/C12H20ClN3O/c1-2-4-10-5-3-7-16(8-6-10)12-15-14-11(9-13)17-12/h10H,2-9H2,1H3. The predicted octanol–water partition coefficient (Wildman–Crippen LogP) is 3.22. The van der Waals surface area contributed by atoms with Crippen LogP contribution in [0.15, 0.2) is 4.42 Å². The molecule has 0 spiro atoms. The lowest BCUT2D eigenvalue weighted by Gasteiger charge is -2.17. The van der Waals surface area contributed by atoms with Crippen LogP contribution in [0, 0.1) is 5.92 Å². The van der Waals surface area contributed by atoms with Crippen LogP contribution in [0.3, 0.4) is 0 Å². The highest BCUT2D eigenvalue weighted by Crippen LogP contribution is 2.24. The number of anilines is 1. The van der Waals surface area contributed by atoms with Crippen LogP contribution in [0.4, 0.5) is 6.01 Å². The van der Waals surface area contributed by atoms with Crippen molar-refractivity contribution < 1.29 is 4.42 Å². The maximum absolute atomic E-state index is 5.66. The number of hydrogen-bond donors (Lipinski definition) is 0. The molecule has 0 aromatic carbocycles. The number of rotatable bonds is 4. The highest BCUT2D eigenvalue weighted by Gasteiger charge is 2.20. The van der Waals surface area contributed by atoms with E-state index in [1.165, 1.54) is 32.1 Å². The molecule has 1 aliphatic rings. The monoisotopic (exact) mass is 257 g/mol. The first kappa shape index (κ1) is 12.7. The van der Waals surface area contributed by atoms with E-state index in [0.717, 1.165) is 19.0 Å². The summed E-state index contributed by atoms with van der Waals surface area (Å²) in [6, 6.07) is 0.637. The zero-order valence-electron chi connectivity index (χ0n) is 10.4. The Hall–Kier alpha value is -0.770. The van der Waals surface area contributed by atoms with E-state index < -0.39 is 0 Å². The van der Waals surface area contributed by atoms with Crippen LogP contribution in [-0.2, 0) is 5.88 Å². The van der Waals surface area contributed by atoms with Crippen molar-refractivity contribution in [2.45, 2.75) is 44.9 Å². The number of aromatic nitrogens is 2. The van der Waals surface area contributed by atoms with E-state index in [4.69, 9.17) is 16.0 Å². The maximum Gasteiger partial charge on any atom is 0.318 e. The third-order valence-electron chi connectivity index (χ3n) is 3.39. The highest BCUT2D eigenvalue weighted by atomic mass is 35.5. The molecule has 4 nitrogen and oxygen atoms in total. The van der Waals surface area contributed by atoms with Crippen molar-refractivity contribution in [1.29, 1.82) is 0 Å². The first-order valence-electron chi connectivity index (χ1n) is 6.46. The largest absolute Gasteiger partial charge is 0.407 e. The maximum atomic E-state index is 5.66. The molecule has 17 heavy (non-hydrogen) atoms. The molecule has 1 aromatic rings. The van der Waals surface area contributed by atoms with Gasteiger partial charge in [0.1, 0.15) is 5.88 Å². The first-order chi connectivity index (χ1) is 8.33. The van der Waals surface area contributed by atoms with Gasteiger partial charge in [0.05, 0.1) is 0 Å². The third-order valence-corrected chi connectivity index (χ3v) is 3.61. The fourth-order valence-electron chi connectivity index (χ4n) is 2.48. The predicted molar refractivity (Wildman–Crippen MR) is 68.3 cm³/mol. The van der Waals surface area contributed by atoms with Crippen LogP contribution in [0.2, 0.25) is 0 Å². The van der Waals surface area contributed by atoms with Gasteiger partial charge in [0.25, 0.3) is 0 Å². The second-order valence-corrected chi connectivity index (χ2v) is 4.95. The highest BCUT2D eigenvalue weighted by molar-refractivity contribution is 6.16. The van der Waals surface area contributed by atoms with Crippen LogP contribution in [0.5, 0.6) is 0 Å². The van der Waals surface area contributed by atoms with Crippen LogP contribution < -0.4 is 4.90 Å². The van der Waals surface area contributed by atoms with E-state index in [9.17, 15) is 0 Å². The van der Waals surface area contributed by atoms with Gasteiger partial charge in [-0.25, -0.2) is 0 Å². The molecule has 0 radical (unpaired) electrons. The average molecular weight is 258 g/mol. The molecule has 0 aliphatic carbocycles. The molecule has 0 N–H and O–H groups in total. The number of halogens is 1. The Morgan fingerprint density at radius 3 is 2.94 bits per heavy atom. The lowest BCUT2D eigenvalue weighted by Crippen LogP contribution is -2.24. The molecule has 1 fully saturated rings. The molecule has 0 amide bonds. The summed E-state index contributed by atoms with van der Waals surface area (Å²) in [6.07, 6.45) is 6.38. The molecule has 5 heteroatoms. The van der Waals surface area contributed by atoms with E-state index in [1.807, 2.05) is 0 Å². The smallest absolute Gasteiger partial charge is 0.318 e. The summed E-state index contributed by atoms with van der Waals surface area (Å²) in [5, 5.41) is 7.95. The molecule has 0 bridgehead atoms. The zero-order chi connectivity index (χ0) is 12.1. The van der Waals surface area contributed by atoms with Crippen LogP contribution in [0.25, 0.3) is 0 Å². The van der Waals surface area contributed by atoms with Gasteiger partial charge in [-0.15, -0.1) is 16.7 Å². The summed E-state index contributed by atoms with van der Waals surface area (Å²) in [4.78, 5) is 2.19. The Morgan fingerprint density at radius 1 is 1.35 bits per heavy atom. The lowest BCUT2D eigenvalue weighted by atomic mass is 9.96. The number of nitrogens with zero attached hydrogens (tertiary/aromatic N) is 3. The molecule has 1 saturated heterocycles. The van der Waals surface area contributed by atoms with Gasteiger partial charge in [0.15, 0.2) is 0 Å². The van der Waals surface area contributed by atoms with Crippen molar-refractivity contribution in [1.82, 2.24) is 10.2 Å². The summed E-state index contributed by atoms with van der Waals surface area (Å²) in [5.41, 5.74) is 0. The second kappa shape index (κ2) is 6.24. The van der Waals surface area contributed by atoms with E-state index >= 15 is 0 Å². The SMILES string of the molecule is CCCC1CCCN(c2nnc(CCl)o2)CC1. The van der Waals surface area contributed by atoms with Gasteiger partial charge in [0, 0.05) is 13.1 Å². The van der Waals surface area contributed by atoms with Crippen molar-refractivity contribution in [3.8, 4) is 0 Å². The summed E-state index contributed by atoms with van der Waals surface area (Å²) < 4.78 is 5.49. The van der Waals surface area contributed by atoms with E-state index in [-0.39, 0.29) is 0 Å². The van der Waals surface area contributed by atoms with Crippen molar-refractivity contribution >= 4 is 17.6 Å². The minimum Gasteiger partial charge on any atom is -0.407 e.